The van der Waals surface area contributed by atoms with Crippen molar-refractivity contribution in [3.63, 3.8) is 0 Å². The normalized spacial score (nSPS) is 20.5. The van der Waals surface area contributed by atoms with Gasteiger partial charge in [0.25, 0.3) is 0 Å². The number of para-hydroxylation sites is 2. The molecule has 1 aromatic heterocycles. The Morgan fingerprint density at radius 2 is 2.27 bits per heavy atom. The van der Waals surface area contributed by atoms with E-state index in [0.717, 1.165) is 12.3 Å². The zero-order valence-electron chi connectivity index (χ0n) is 8.48. The number of halogens is 1. The van der Waals surface area contributed by atoms with E-state index in [-0.39, 0.29) is 5.38 Å². The molecule has 0 unspecified atom stereocenters. The van der Waals surface area contributed by atoms with Gasteiger partial charge in [0.15, 0.2) is 11.0 Å². The van der Waals surface area contributed by atoms with E-state index in [1.54, 1.807) is 0 Å². The molecule has 2 nitrogen and oxygen atoms in total. The van der Waals surface area contributed by atoms with Gasteiger partial charge in [-0.1, -0.05) is 12.1 Å². The van der Waals surface area contributed by atoms with E-state index in [2.05, 4.69) is 40.4 Å². The van der Waals surface area contributed by atoms with Crippen LogP contribution in [0.15, 0.2) is 29.4 Å². The van der Waals surface area contributed by atoms with E-state index in [0.29, 0.717) is 0 Å². The minimum Gasteiger partial charge on any atom is -0.220 e. The molecule has 2 heterocycles. The van der Waals surface area contributed by atoms with E-state index >= 15 is 0 Å². The monoisotopic (exact) mass is 239 g/mol. The van der Waals surface area contributed by atoms with Gasteiger partial charge >= 0.3 is 5.16 Å². The Morgan fingerprint density at radius 3 is 3.13 bits per heavy atom. The lowest BCUT2D eigenvalue weighted by atomic mass is 10.3. The van der Waals surface area contributed by atoms with Gasteiger partial charge in [-0.15, -0.1) is 11.6 Å². The Bertz CT molecular complexity index is 521. The minimum atomic E-state index is 0.248. The van der Waals surface area contributed by atoms with Crippen molar-refractivity contribution in [3.8, 4) is 0 Å². The average Bonchev–Trinajstić information content (AvgIpc) is 2.54. The van der Waals surface area contributed by atoms with Crippen LogP contribution in [-0.2, 0) is 13.6 Å². The van der Waals surface area contributed by atoms with Crippen molar-refractivity contribution in [1.29, 1.82) is 0 Å². The van der Waals surface area contributed by atoms with Crippen LogP contribution in [0.1, 0.15) is 0 Å². The van der Waals surface area contributed by atoms with Crippen LogP contribution in [0.5, 0.6) is 0 Å². The largest absolute Gasteiger partial charge is 0.318 e. The summed E-state index contributed by atoms with van der Waals surface area (Å²) in [5, 5.41) is 1.56. The molecule has 0 saturated heterocycles. The van der Waals surface area contributed by atoms with Crippen molar-refractivity contribution in [2.75, 3.05) is 5.75 Å². The Morgan fingerprint density at radius 1 is 1.47 bits per heavy atom. The molecule has 0 amide bonds. The van der Waals surface area contributed by atoms with Crippen LogP contribution in [0.25, 0.3) is 11.0 Å². The predicted octanol–water partition coefficient (Wildman–Crippen LogP) is 2.18. The molecule has 3 rings (SSSR count). The highest BCUT2D eigenvalue weighted by Gasteiger charge is 2.29. The van der Waals surface area contributed by atoms with Crippen LogP contribution >= 0.6 is 23.4 Å². The molecule has 78 valence electrons. The molecule has 2 aromatic rings. The fraction of sp³-hybridized carbons (Fsp3) is 0.364. The highest BCUT2D eigenvalue weighted by atomic mass is 35.5. The number of rotatable bonds is 0. The first-order chi connectivity index (χ1) is 7.27. The zero-order valence-corrected chi connectivity index (χ0v) is 10.1. The second-order valence-electron chi connectivity index (χ2n) is 3.85. The van der Waals surface area contributed by atoms with Crippen LogP contribution in [0.2, 0.25) is 0 Å². The van der Waals surface area contributed by atoms with Crippen molar-refractivity contribution in [1.82, 2.24) is 4.57 Å². The maximum atomic E-state index is 6.20. The lowest BCUT2D eigenvalue weighted by molar-refractivity contribution is -0.685. The smallest absolute Gasteiger partial charge is 0.220 e. The molecule has 1 aromatic carbocycles. The van der Waals surface area contributed by atoms with Gasteiger partial charge in [0, 0.05) is 5.75 Å². The summed E-state index contributed by atoms with van der Waals surface area (Å²) in [5.41, 5.74) is 2.57. The van der Waals surface area contributed by atoms with Gasteiger partial charge in [-0.05, 0) is 23.9 Å². The highest BCUT2D eigenvalue weighted by Crippen LogP contribution is 2.29. The molecule has 0 fully saturated rings. The second kappa shape index (κ2) is 3.42. The van der Waals surface area contributed by atoms with Gasteiger partial charge in [-0.3, -0.25) is 0 Å². The number of benzene rings is 1. The maximum Gasteiger partial charge on any atom is 0.318 e. The third kappa shape index (κ3) is 1.37. The number of aryl methyl sites for hydroxylation is 1. The topological polar surface area (TPSA) is 8.81 Å². The lowest BCUT2D eigenvalue weighted by Crippen LogP contribution is -2.33. The minimum absolute atomic E-state index is 0.248. The predicted molar refractivity (Wildman–Crippen MR) is 63.5 cm³/mol. The molecule has 0 bridgehead atoms. The van der Waals surface area contributed by atoms with E-state index in [4.69, 9.17) is 11.6 Å². The van der Waals surface area contributed by atoms with Gasteiger partial charge in [0.2, 0.25) is 0 Å². The number of aromatic nitrogens is 2. The number of hydrogen-bond donors (Lipinski definition) is 0. The fourth-order valence-electron chi connectivity index (χ4n) is 2.13. The van der Waals surface area contributed by atoms with Crippen molar-refractivity contribution in [2.45, 2.75) is 17.1 Å². The van der Waals surface area contributed by atoms with Crippen molar-refractivity contribution in [3.05, 3.63) is 24.3 Å². The standard InChI is InChI=1S/C11H12ClN2S/c1-13-9-4-2-3-5-10(9)14-6-8(12)7-15-11(13)14/h2-5,8H,6-7H2,1H3/q+1/t8-/m1/s1. The zero-order chi connectivity index (χ0) is 10.4. The van der Waals surface area contributed by atoms with E-state index in [1.807, 2.05) is 11.8 Å². The number of hydrogen-bond acceptors (Lipinski definition) is 1. The van der Waals surface area contributed by atoms with E-state index in [9.17, 15) is 0 Å². The number of thioether (sulfide) groups is 1. The van der Waals surface area contributed by atoms with Crippen molar-refractivity contribution < 1.29 is 4.57 Å². The molecule has 1 aliphatic heterocycles. The molecule has 0 N–H and O–H groups in total. The first kappa shape index (κ1) is 9.55. The summed E-state index contributed by atoms with van der Waals surface area (Å²) >= 11 is 8.05. The molecular formula is C11H12ClN2S+. The fourth-order valence-corrected chi connectivity index (χ4v) is 3.51. The number of fused-ring (bicyclic) bond motifs is 3. The molecule has 0 radical (unpaired) electrons. The summed E-state index contributed by atoms with van der Waals surface area (Å²) in [4.78, 5) is 0. The molecule has 4 heteroatoms. The molecular weight excluding hydrogens is 228 g/mol. The molecule has 15 heavy (non-hydrogen) atoms. The summed E-state index contributed by atoms with van der Waals surface area (Å²) < 4.78 is 4.57. The molecule has 1 aliphatic rings. The van der Waals surface area contributed by atoms with Gasteiger partial charge in [-0.2, -0.15) is 0 Å². The number of alkyl halides is 1. The van der Waals surface area contributed by atoms with Crippen molar-refractivity contribution >= 4 is 34.4 Å². The van der Waals surface area contributed by atoms with Crippen LogP contribution < -0.4 is 4.57 Å². The summed E-state index contributed by atoms with van der Waals surface area (Å²) in [6.45, 7) is 0.922. The van der Waals surface area contributed by atoms with Crippen LogP contribution in [-0.4, -0.2) is 15.7 Å². The number of nitrogens with zero attached hydrogens (tertiary/aromatic N) is 2. The Balaban J connectivity index is 2.33. The SMILES string of the molecule is C[n+]1c2n(c3ccccc31)C[C@@H](Cl)CS2. The quantitative estimate of drug-likeness (QED) is 0.506. The molecule has 0 saturated carbocycles. The maximum absolute atomic E-state index is 6.20. The first-order valence-corrected chi connectivity index (χ1v) is 6.43. The lowest BCUT2D eigenvalue weighted by Gasteiger charge is -2.13. The van der Waals surface area contributed by atoms with Crippen LogP contribution in [0.3, 0.4) is 0 Å². The van der Waals surface area contributed by atoms with Crippen molar-refractivity contribution in [2.24, 2.45) is 7.05 Å². The molecule has 0 spiro atoms. The highest BCUT2D eigenvalue weighted by molar-refractivity contribution is 7.99. The Kier molecular flexibility index (Phi) is 2.18. The van der Waals surface area contributed by atoms with Gasteiger partial charge in [0.1, 0.15) is 6.54 Å². The Labute approximate surface area is 97.8 Å². The summed E-state index contributed by atoms with van der Waals surface area (Å²) in [6.07, 6.45) is 0. The van der Waals surface area contributed by atoms with Crippen LogP contribution in [0, 0.1) is 0 Å². The third-order valence-corrected chi connectivity index (χ3v) is 4.62. The summed E-state index contributed by atoms with van der Waals surface area (Å²) in [5.74, 6) is 1.01. The first-order valence-electron chi connectivity index (χ1n) is 5.01. The van der Waals surface area contributed by atoms with Gasteiger partial charge in [0.05, 0.1) is 12.4 Å². The summed E-state index contributed by atoms with van der Waals surface area (Å²) in [6, 6.07) is 8.48. The summed E-state index contributed by atoms with van der Waals surface area (Å²) in [7, 11) is 2.12. The number of imidazole rings is 1. The van der Waals surface area contributed by atoms with Crippen LogP contribution in [0.4, 0.5) is 0 Å². The third-order valence-electron chi connectivity index (χ3n) is 2.83. The second-order valence-corrected chi connectivity index (χ2v) is 5.45. The van der Waals surface area contributed by atoms with Gasteiger partial charge in [-0.25, -0.2) is 9.13 Å². The molecule has 1 atom stereocenters. The Hall–Kier alpha value is -0.670. The van der Waals surface area contributed by atoms with Gasteiger partial charge < -0.3 is 0 Å². The van der Waals surface area contributed by atoms with E-state index in [1.165, 1.54) is 16.2 Å². The van der Waals surface area contributed by atoms with E-state index < -0.39 is 0 Å². The molecule has 0 aliphatic carbocycles. The average molecular weight is 240 g/mol.